The van der Waals surface area contributed by atoms with Crippen LogP contribution in [0.15, 0.2) is 30.5 Å². The lowest BCUT2D eigenvalue weighted by atomic mass is 10.1. The van der Waals surface area contributed by atoms with E-state index in [0.717, 1.165) is 11.8 Å². The summed E-state index contributed by atoms with van der Waals surface area (Å²) < 4.78 is 31.9. The van der Waals surface area contributed by atoms with Crippen molar-refractivity contribution in [2.24, 2.45) is 0 Å². The first-order valence-electron chi connectivity index (χ1n) is 9.04. The minimum atomic E-state index is -0.865. The van der Waals surface area contributed by atoms with Crippen molar-refractivity contribution in [3.8, 4) is 11.9 Å². The molecule has 0 amide bonds. The second kappa shape index (κ2) is 8.95. The number of piperazine rings is 1. The van der Waals surface area contributed by atoms with Gasteiger partial charge in [0.1, 0.15) is 11.6 Å². The third kappa shape index (κ3) is 4.21. The Bertz CT molecular complexity index is 872. The molecule has 8 heteroatoms. The number of ether oxygens (including phenoxy) is 1. The molecular formula is C20H22F2N4O2. The quantitative estimate of drug-likeness (QED) is 0.819. The van der Waals surface area contributed by atoms with E-state index in [1.807, 2.05) is 0 Å². The molecular weight excluding hydrogens is 366 g/mol. The molecule has 1 N–H and O–H groups in total. The van der Waals surface area contributed by atoms with Crippen molar-refractivity contribution in [2.75, 3.05) is 38.3 Å². The van der Waals surface area contributed by atoms with Crippen LogP contribution in [0.1, 0.15) is 17.5 Å². The minimum absolute atomic E-state index is 0.00225. The lowest BCUT2D eigenvalue weighted by Gasteiger charge is -2.42. The van der Waals surface area contributed by atoms with Gasteiger partial charge in [-0.15, -0.1) is 0 Å². The van der Waals surface area contributed by atoms with Crippen molar-refractivity contribution < 1.29 is 18.6 Å². The molecule has 3 rings (SSSR count). The van der Waals surface area contributed by atoms with Crippen molar-refractivity contribution in [1.82, 2.24) is 9.88 Å². The largest absolute Gasteiger partial charge is 0.480 e. The number of aliphatic hydroxyl groups is 1. The fourth-order valence-corrected chi connectivity index (χ4v) is 3.57. The number of hydrogen-bond acceptors (Lipinski definition) is 6. The average molecular weight is 388 g/mol. The van der Waals surface area contributed by atoms with E-state index < -0.39 is 11.6 Å². The standard InChI is InChI=1S/C20H22F2N4O2/c1-28-20-16(11-23)19(4-6-24-20)26-8-7-25(15(13-26)5-9-27)12-14-2-3-17(21)18(22)10-14/h2-4,6,10,15,27H,5,7-9,12-13H2,1H3. The maximum absolute atomic E-state index is 13.5. The van der Waals surface area contributed by atoms with E-state index in [1.165, 1.54) is 13.2 Å². The van der Waals surface area contributed by atoms with Crippen LogP contribution in [-0.4, -0.2) is 54.4 Å². The molecule has 0 bridgehead atoms. The van der Waals surface area contributed by atoms with Gasteiger partial charge in [0.05, 0.1) is 12.8 Å². The number of pyridine rings is 1. The molecule has 2 aromatic rings. The van der Waals surface area contributed by atoms with Gasteiger partial charge >= 0.3 is 0 Å². The molecule has 1 aliphatic rings. The molecule has 6 nitrogen and oxygen atoms in total. The maximum atomic E-state index is 13.5. The molecule has 1 aromatic heterocycles. The zero-order valence-electron chi connectivity index (χ0n) is 15.6. The Kier molecular flexibility index (Phi) is 6.39. The molecule has 0 spiro atoms. The van der Waals surface area contributed by atoms with Crippen molar-refractivity contribution >= 4 is 5.69 Å². The molecule has 0 aliphatic carbocycles. The van der Waals surface area contributed by atoms with Gasteiger partial charge in [-0.2, -0.15) is 5.26 Å². The van der Waals surface area contributed by atoms with E-state index in [0.29, 0.717) is 43.7 Å². The van der Waals surface area contributed by atoms with Gasteiger partial charge in [0.2, 0.25) is 5.88 Å². The van der Waals surface area contributed by atoms with Crippen molar-refractivity contribution in [2.45, 2.75) is 19.0 Å². The monoisotopic (exact) mass is 388 g/mol. The first kappa shape index (κ1) is 20.0. The number of methoxy groups -OCH3 is 1. The molecule has 0 saturated carbocycles. The van der Waals surface area contributed by atoms with E-state index in [4.69, 9.17) is 4.74 Å². The highest BCUT2D eigenvalue weighted by Gasteiger charge is 2.29. The Labute approximate surface area is 162 Å². The smallest absolute Gasteiger partial charge is 0.233 e. The van der Waals surface area contributed by atoms with Crippen molar-refractivity contribution in [3.05, 3.63) is 53.2 Å². The van der Waals surface area contributed by atoms with E-state index in [1.54, 1.807) is 18.3 Å². The number of aromatic nitrogens is 1. The summed E-state index contributed by atoms with van der Waals surface area (Å²) in [5.74, 6) is -1.45. The number of aliphatic hydroxyl groups excluding tert-OH is 1. The van der Waals surface area contributed by atoms with E-state index in [-0.39, 0.29) is 18.5 Å². The molecule has 2 heterocycles. The third-order valence-corrected chi connectivity index (χ3v) is 4.98. The summed E-state index contributed by atoms with van der Waals surface area (Å²) in [6.07, 6.45) is 2.13. The number of hydrogen-bond donors (Lipinski definition) is 1. The molecule has 1 saturated heterocycles. The molecule has 0 radical (unpaired) electrons. The number of anilines is 1. The van der Waals surface area contributed by atoms with Crippen LogP contribution in [-0.2, 0) is 6.54 Å². The first-order chi connectivity index (χ1) is 13.6. The Morgan fingerprint density at radius 1 is 1.29 bits per heavy atom. The first-order valence-corrected chi connectivity index (χ1v) is 9.04. The van der Waals surface area contributed by atoms with Gasteiger partial charge in [0.15, 0.2) is 11.6 Å². The van der Waals surface area contributed by atoms with Crippen LogP contribution in [0.5, 0.6) is 5.88 Å². The highest BCUT2D eigenvalue weighted by molar-refractivity contribution is 5.63. The fourth-order valence-electron chi connectivity index (χ4n) is 3.57. The number of rotatable bonds is 6. The summed E-state index contributed by atoms with van der Waals surface area (Å²) >= 11 is 0. The number of halogens is 2. The van der Waals surface area contributed by atoms with Crippen LogP contribution in [0.3, 0.4) is 0 Å². The SMILES string of the molecule is COc1nccc(N2CCN(Cc3ccc(F)c(F)c3)C(CCO)C2)c1C#N. The predicted octanol–water partition coefficient (Wildman–Crippen LogP) is 2.31. The average Bonchev–Trinajstić information content (AvgIpc) is 2.71. The topological polar surface area (TPSA) is 72.6 Å². The highest BCUT2D eigenvalue weighted by atomic mass is 19.2. The van der Waals surface area contributed by atoms with Crippen LogP contribution in [0.4, 0.5) is 14.5 Å². The Hall–Kier alpha value is -2.76. The second-order valence-electron chi connectivity index (χ2n) is 6.66. The molecule has 1 aliphatic heterocycles. The van der Waals surface area contributed by atoms with E-state index in [2.05, 4.69) is 20.9 Å². The summed E-state index contributed by atoms with van der Waals surface area (Å²) in [6.45, 7) is 2.36. The summed E-state index contributed by atoms with van der Waals surface area (Å²) in [4.78, 5) is 8.29. The fraction of sp³-hybridized carbons (Fsp3) is 0.400. The summed E-state index contributed by atoms with van der Waals surface area (Å²) in [5.41, 5.74) is 1.80. The van der Waals surface area contributed by atoms with E-state index in [9.17, 15) is 19.1 Å². The number of nitrogens with zero attached hydrogens (tertiary/aromatic N) is 4. The molecule has 28 heavy (non-hydrogen) atoms. The van der Waals surface area contributed by atoms with Gasteiger partial charge in [-0.05, 0) is 30.2 Å². The number of nitriles is 1. The lowest BCUT2D eigenvalue weighted by Crippen LogP contribution is -2.53. The van der Waals surface area contributed by atoms with Gasteiger partial charge in [-0.3, -0.25) is 4.90 Å². The van der Waals surface area contributed by atoms with Gasteiger partial charge in [-0.25, -0.2) is 13.8 Å². The van der Waals surface area contributed by atoms with Gasteiger partial charge in [0, 0.05) is 45.0 Å². The van der Waals surface area contributed by atoms with Crippen LogP contribution in [0.2, 0.25) is 0 Å². The molecule has 148 valence electrons. The maximum Gasteiger partial charge on any atom is 0.233 e. The van der Waals surface area contributed by atoms with Crippen LogP contribution < -0.4 is 9.64 Å². The second-order valence-corrected chi connectivity index (χ2v) is 6.66. The van der Waals surface area contributed by atoms with Crippen LogP contribution >= 0.6 is 0 Å². The zero-order valence-corrected chi connectivity index (χ0v) is 15.6. The van der Waals surface area contributed by atoms with E-state index >= 15 is 0 Å². The molecule has 1 fully saturated rings. The lowest BCUT2D eigenvalue weighted by molar-refractivity contribution is 0.135. The molecule has 1 aromatic carbocycles. The molecule has 1 atom stereocenters. The normalized spacial score (nSPS) is 17.4. The predicted molar refractivity (Wildman–Crippen MR) is 100.0 cm³/mol. The Morgan fingerprint density at radius 3 is 2.79 bits per heavy atom. The van der Waals surface area contributed by atoms with Crippen molar-refractivity contribution in [1.29, 1.82) is 5.26 Å². The van der Waals surface area contributed by atoms with Gasteiger partial charge < -0.3 is 14.7 Å². The third-order valence-electron chi connectivity index (χ3n) is 4.98. The summed E-state index contributed by atoms with van der Waals surface area (Å²) in [5, 5.41) is 19.0. The van der Waals surface area contributed by atoms with Crippen LogP contribution in [0, 0.1) is 23.0 Å². The summed E-state index contributed by atoms with van der Waals surface area (Å²) in [6, 6.07) is 7.84. The Balaban J connectivity index is 1.79. The Morgan fingerprint density at radius 2 is 2.11 bits per heavy atom. The van der Waals surface area contributed by atoms with Crippen LogP contribution in [0.25, 0.3) is 0 Å². The summed E-state index contributed by atoms with van der Waals surface area (Å²) in [7, 11) is 1.47. The minimum Gasteiger partial charge on any atom is -0.480 e. The highest BCUT2D eigenvalue weighted by Crippen LogP contribution is 2.29. The van der Waals surface area contributed by atoms with Gasteiger partial charge in [0.25, 0.3) is 0 Å². The van der Waals surface area contributed by atoms with Crippen molar-refractivity contribution in [3.63, 3.8) is 0 Å². The zero-order chi connectivity index (χ0) is 20.1. The molecule has 1 unspecified atom stereocenters. The number of benzene rings is 1. The van der Waals surface area contributed by atoms with Gasteiger partial charge in [-0.1, -0.05) is 6.07 Å².